The van der Waals surface area contributed by atoms with Gasteiger partial charge in [-0.05, 0) is 36.0 Å². The van der Waals surface area contributed by atoms with Gasteiger partial charge in [-0.15, -0.1) is 0 Å². The maximum atomic E-state index is 12.9. The van der Waals surface area contributed by atoms with E-state index >= 15 is 0 Å². The minimum atomic E-state index is -0.235. The van der Waals surface area contributed by atoms with Crippen LogP contribution in [0, 0.1) is 23.7 Å². The van der Waals surface area contributed by atoms with Crippen LogP contribution in [0.5, 0.6) is 0 Å². The first-order valence-electron chi connectivity index (χ1n) is 10.5. The molecule has 0 radical (unpaired) electrons. The minimum Gasteiger partial charge on any atom is -0.342 e. The van der Waals surface area contributed by atoms with Gasteiger partial charge in [0.2, 0.25) is 0 Å². The van der Waals surface area contributed by atoms with E-state index in [2.05, 4.69) is 21.8 Å². The highest BCUT2D eigenvalue weighted by Gasteiger charge is 2.59. The van der Waals surface area contributed by atoms with Crippen molar-refractivity contribution in [1.82, 2.24) is 9.58 Å². The number of carbonyl (C=O) groups excluding carboxylic acids is 2. The first-order chi connectivity index (χ1) is 15.1. The zero-order valence-electron chi connectivity index (χ0n) is 16.7. The van der Waals surface area contributed by atoms with Crippen molar-refractivity contribution in [2.24, 2.45) is 28.8 Å². The Morgan fingerprint density at radius 3 is 2.39 bits per heavy atom. The summed E-state index contributed by atoms with van der Waals surface area (Å²) in [7, 11) is 0. The van der Waals surface area contributed by atoms with Crippen LogP contribution in [0.1, 0.15) is 17.5 Å². The molecule has 2 heterocycles. The lowest BCUT2D eigenvalue weighted by Crippen LogP contribution is -2.28. The molecule has 31 heavy (non-hydrogen) atoms. The number of rotatable bonds is 4. The monoisotopic (exact) mass is 429 g/mol. The number of halogens is 1. The third-order valence-electron chi connectivity index (χ3n) is 6.88. The SMILES string of the molecule is O=C1C2C3C=CC(C3)C2C(=O)N1N=Cc1cn(Cc2ccccc2Cl)c2ccccc12. The van der Waals surface area contributed by atoms with Crippen molar-refractivity contribution in [3.63, 3.8) is 0 Å². The van der Waals surface area contributed by atoms with Gasteiger partial charge < -0.3 is 4.57 Å². The van der Waals surface area contributed by atoms with Crippen molar-refractivity contribution in [2.45, 2.75) is 13.0 Å². The highest BCUT2D eigenvalue weighted by molar-refractivity contribution is 6.31. The van der Waals surface area contributed by atoms with Gasteiger partial charge in [-0.1, -0.05) is 60.2 Å². The van der Waals surface area contributed by atoms with Crippen molar-refractivity contribution in [3.05, 3.63) is 83.0 Å². The fraction of sp³-hybridized carbons (Fsp3) is 0.240. The Bertz CT molecular complexity index is 1260. The summed E-state index contributed by atoms with van der Waals surface area (Å²) in [5.74, 6) is -0.429. The van der Waals surface area contributed by atoms with Crippen molar-refractivity contribution < 1.29 is 9.59 Å². The number of nitrogens with zero attached hydrogens (tertiary/aromatic N) is 3. The largest absolute Gasteiger partial charge is 0.342 e. The average molecular weight is 430 g/mol. The second-order valence-corrected chi connectivity index (χ2v) is 8.96. The Kier molecular flexibility index (Phi) is 4.15. The molecule has 2 aromatic carbocycles. The van der Waals surface area contributed by atoms with E-state index in [0.29, 0.717) is 6.54 Å². The van der Waals surface area contributed by atoms with Crippen LogP contribution in [-0.4, -0.2) is 27.6 Å². The molecule has 6 heteroatoms. The molecular weight excluding hydrogens is 410 g/mol. The first kappa shape index (κ1) is 18.6. The van der Waals surface area contributed by atoms with Crippen molar-refractivity contribution in [3.8, 4) is 0 Å². The van der Waals surface area contributed by atoms with E-state index in [9.17, 15) is 9.59 Å². The summed E-state index contributed by atoms with van der Waals surface area (Å²) in [6.45, 7) is 0.620. The smallest absolute Gasteiger partial charge is 0.254 e. The fourth-order valence-electron chi connectivity index (χ4n) is 5.44. The molecule has 6 rings (SSSR count). The van der Waals surface area contributed by atoms with Crippen molar-refractivity contribution in [2.75, 3.05) is 0 Å². The van der Waals surface area contributed by atoms with Crippen LogP contribution in [-0.2, 0) is 16.1 Å². The molecule has 3 aromatic rings. The van der Waals surface area contributed by atoms with Crippen LogP contribution in [0.25, 0.3) is 10.9 Å². The summed E-state index contributed by atoms with van der Waals surface area (Å²) in [4.78, 5) is 25.8. The van der Waals surface area contributed by atoms with Gasteiger partial charge in [0.15, 0.2) is 0 Å². The molecule has 4 atom stereocenters. The number of hydrazone groups is 1. The second kappa shape index (κ2) is 6.92. The third kappa shape index (κ3) is 2.80. The van der Waals surface area contributed by atoms with Crippen LogP contribution in [0.15, 0.2) is 72.0 Å². The Balaban J connectivity index is 1.33. The normalized spacial score (nSPS) is 26.7. The fourth-order valence-corrected chi connectivity index (χ4v) is 5.63. The maximum absolute atomic E-state index is 12.9. The number of imide groups is 1. The minimum absolute atomic E-state index is 0.164. The van der Waals surface area contributed by atoms with Crippen molar-refractivity contribution >= 4 is 40.5 Å². The molecule has 2 amide bonds. The third-order valence-corrected chi connectivity index (χ3v) is 7.25. The average Bonchev–Trinajstić information content (AvgIpc) is 3.53. The Morgan fingerprint density at radius 2 is 1.65 bits per heavy atom. The topological polar surface area (TPSA) is 54.7 Å². The molecule has 1 saturated heterocycles. The van der Waals surface area contributed by atoms with Crippen LogP contribution < -0.4 is 0 Å². The zero-order chi connectivity index (χ0) is 21.1. The van der Waals surface area contributed by atoms with Gasteiger partial charge in [0.1, 0.15) is 0 Å². The standard InChI is InChI=1S/C25H20ClN3O2/c26-20-7-3-1-5-17(20)13-28-14-18(19-6-2-4-8-21(19)28)12-27-29-24(30)22-15-9-10-16(11-15)23(22)25(29)31/h1-10,12,14-16,22-23H,11,13H2. The van der Waals surface area contributed by atoms with Gasteiger partial charge >= 0.3 is 0 Å². The van der Waals surface area contributed by atoms with E-state index in [1.807, 2.05) is 54.7 Å². The molecule has 5 nitrogen and oxygen atoms in total. The first-order valence-corrected chi connectivity index (χ1v) is 10.9. The predicted octanol–water partition coefficient (Wildman–Crippen LogP) is 4.48. The number of hydrogen-bond acceptors (Lipinski definition) is 3. The van der Waals surface area contributed by atoms with Gasteiger partial charge in [-0.25, -0.2) is 0 Å². The molecule has 1 aromatic heterocycles. The van der Waals surface area contributed by atoms with Gasteiger partial charge in [0.05, 0.1) is 18.1 Å². The number of aromatic nitrogens is 1. The molecule has 154 valence electrons. The summed E-state index contributed by atoms with van der Waals surface area (Å²) in [6.07, 6.45) is 8.73. The number of para-hydroxylation sites is 1. The molecule has 1 saturated carbocycles. The highest BCUT2D eigenvalue weighted by Crippen LogP contribution is 2.52. The number of benzene rings is 2. The lowest BCUT2D eigenvalue weighted by atomic mass is 9.85. The Hall–Kier alpha value is -3.18. The molecule has 0 spiro atoms. The lowest BCUT2D eigenvalue weighted by molar-refractivity contribution is -0.140. The molecule has 2 aliphatic carbocycles. The van der Waals surface area contributed by atoms with E-state index < -0.39 is 0 Å². The number of allylic oxidation sites excluding steroid dienone is 2. The zero-order valence-corrected chi connectivity index (χ0v) is 17.4. The summed E-state index contributed by atoms with van der Waals surface area (Å²) in [6, 6.07) is 15.8. The molecule has 2 bridgehead atoms. The number of amides is 2. The molecule has 3 aliphatic rings. The van der Waals surface area contributed by atoms with Gasteiger partial charge in [-0.3, -0.25) is 9.59 Å². The molecule has 4 unspecified atom stereocenters. The Labute approximate surface area is 184 Å². The van der Waals surface area contributed by atoms with Crippen LogP contribution >= 0.6 is 11.6 Å². The van der Waals surface area contributed by atoms with Crippen LogP contribution in [0.2, 0.25) is 5.02 Å². The van der Waals surface area contributed by atoms with Gasteiger partial charge in [0.25, 0.3) is 11.8 Å². The highest BCUT2D eigenvalue weighted by atomic mass is 35.5. The number of fused-ring (bicyclic) bond motifs is 6. The van der Waals surface area contributed by atoms with E-state index in [4.69, 9.17) is 11.6 Å². The summed E-state index contributed by atoms with van der Waals surface area (Å²) < 4.78 is 2.12. The Morgan fingerprint density at radius 1 is 0.968 bits per heavy atom. The van der Waals surface area contributed by atoms with E-state index in [1.165, 1.54) is 0 Å². The quantitative estimate of drug-likeness (QED) is 0.348. The lowest BCUT2D eigenvalue weighted by Gasteiger charge is -2.13. The summed E-state index contributed by atoms with van der Waals surface area (Å²) in [5.41, 5.74) is 2.93. The number of hydrogen-bond donors (Lipinski definition) is 0. The van der Waals surface area contributed by atoms with E-state index in [1.54, 1.807) is 6.21 Å². The molecule has 1 aliphatic heterocycles. The summed E-state index contributed by atoms with van der Waals surface area (Å²) >= 11 is 6.36. The maximum Gasteiger partial charge on any atom is 0.254 e. The van der Waals surface area contributed by atoms with E-state index in [0.717, 1.165) is 38.5 Å². The van der Waals surface area contributed by atoms with Gasteiger partial charge in [0, 0.05) is 34.2 Å². The predicted molar refractivity (Wildman–Crippen MR) is 120 cm³/mol. The summed E-state index contributed by atoms with van der Waals surface area (Å²) in [5, 5.41) is 7.20. The molecular formula is C25H20ClN3O2. The molecule has 0 N–H and O–H groups in total. The number of carbonyl (C=O) groups is 2. The van der Waals surface area contributed by atoms with Crippen LogP contribution in [0.4, 0.5) is 0 Å². The van der Waals surface area contributed by atoms with Gasteiger partial charge in [-0.2, -0.15) is 10.1 Å². The second-order valence-electron chi connectivity index (χ2n) is 8.55. The van der Waals surface area contributed by atoms with Crippen LogP contribution in [0.3, 0.4) is 0 Å². The van der Waals surface area contributed by atoms with E-state index in [-0.39, 0.29) is 35.5 Å². The molecule has 2 fully saturated rings. The van der Waals surface area contributed by atoms with Crippen molar-refractivity contribution in [1.29, 1.82) is 0 Å².